The van der Waals surface area contributed by atoms with Gasteiger partial charge in [0, 0.05) is 48.7 Å². The van der Waals surface area contributed by atoms with Gasteiger partial charge in [0.25, 0.3) is 0 Å². The zero-order valence-corrected chi connectivity index (χ0v) is 16.2. The molecular weight excluding hydrogens is 318 g/mol. The van der Waals surface area contributed by atoms with Crippen molar-refractivity contribution in [1.29, 1.82) is 0 Å². The zero-order chi connectivity index (χ0) is 17.8. The Bertz CT molecular complexity index is 813. The van der Waals surface area contributed by atoms with Crippen molar-refractivity contribution in [1.82, 2.24) is 9.88 Å². The molecule has 1 aliphatic carbocycles. The highest BCUT2D eigenvalue weighted by molar-refractivity contribution is 5.64. The number of anilines is 1. The maximum absolute atomic E-state index is 4.48. The van der Waals surface area contributed by atoms with Gasteiger partial charge >= 0.3 is 0 Å². The largest absolute Gasteiger partial charge is 0.367 e. The maximum atomic E-state index is 4.48. The topological polar surface area (TPSA) is 19.4 Å². The van der Waals surface area contributed by atoms with Crippen LogP contribution in [0.3, 0.4) is 0 Å². The van der Waals surface area contributed by atoms with Crippen LogP contribution in [-0.4, -0.2) is 42.1 Å². The number of likely N-dealkylation sites (N-methyl/N-ethyl adjacent to an activating group) is 1. The van der Waals surface area contributed by atoms with Crippen LogP contribution >= 0.6 is 0 Å². The van der Waals surface area contributed by atoms with Gasteiger partial charge in [-0.25, -0.2) is 0 Å². The standard InChI is InChI=1S/C23H29N3/c1-15-4-8-20-19(12-15)22-21-9-7-18(14-25(21)3)23(22)26(20)11-10-17-6-5-16(2)24-13-17/h4-6,8,12-13,18,21-23H,7,9-11,14H2,1-3H3/t18-,21-,22-,23+/m0/s1. The Balaban J connectivity index is 1.48. The second kappa shape index (κ2) is 6.09. The molecule has 0 spiro atoms. The van der Waals surface area contributed by atoms with E-state index in [2.05, 4.69) is 72.2 Å². The first-order valence-electron chi connectivity index (χ1n) is 10.1. The minimum atomic E-state index is 0.693. The number of fused-ring (bicyclic) bond motifs is 3. The third-order valence-corrected chi connectivity index (χ3v) is 7.01. The van der Waals surface area contributed by atoms with Gasteiger partial charge in [0.05, 0.1) is 0 Å². The Labute approximate surface area is 157 Å². The molecule has 2 saturated heterocycles. The number of nitrogens with zero attached hydrogens (tertiary/aromatic N) is 3. The molecule has 1 saturated carbocycles. The van der Waals surface area contributed by atoms with Gasteiger partial charge in [0.2, 0.25) is 0 Å². The highest BCUT2D eigenvalue weighted by Gasteiger charge is 2.53. The summed E-state index contributed by atoms with van der Waals surface area (Å²) in [6, 6.07) is 12.9. The van der Waals surface area contributed by atoms with E-state index in [1.807, 2.05) is 0 Å². The second-order valence-electron chi connectivity index (χ2n) is 8.67. The van der Waals surface area contributed by atoms with Crippen LogP contribution in [0.1, 0.15) is 41.1 Å². The fraction of sp³-hybridized carbons (Fsp3) is 0.522. The van der Waals surface area contributed by atoms with Gasteiger partial charge in [-0.3, -0.25) is 4.98 Å². The summed E-state index contributed by atoms with van der Waals surface area (Å²) in [6.07, 6.45) is 5.90. The average molecular weight is 348 g/mol. The van der Waals surface area contributed by atoms with Crippen LogP contribution in [0.5, 0.6) is 0 Å². The Morgan fingerprint density at radius 2 is 2.00 bits per heavy atom. The number of aryl methyl sites for hydroxylation is 2. The van der Waals surface area contributed by atoms with Crippen molar-refractivity contribution in [3.8, 4) is 0 Å². The molecule has 0 unspecified atom stereocenters. The zero-order valence-electron chi connectivity index (χ0n) is 16.2. The third-order valence-electron chi connectivity index (χ3n) is 7.01. The molecule has 2 bridgehead atoms. The molecule has 6 rings (SSSR count). The summed E-state index contributed by atoms with van der Waals surface area (Å²) in [6.45, 7) is 6.67. The summed E-state index contributed by atoms with van der Waals surface area (Å²) in [4.78, 5) is 9.87. The van der Waals surface area contributed by atoms with E-state index in [-0.39, 0.29) is 0 Å². The summed E-state index contributed by atoms with van der Waals surface area (Å²) in [5.74, 6) is 1.50. The molecule has 3 nitrogen and oxygen atoms in total. The van der Waals surface area contributed by atoms with Crippen molar-refractivity contribution >= 4 is 5.69 Å². The van der Waals surface area contributed by atoms with E-state index in [1.54, 1.807) is 5.56 Å². The molecule has 0 amide bonds. The van der Waals surface area contributed by atoms with Crippen molar-refractivity contribution in [2.24, 2.45) is 5.92 Å². The summed E-state index contributed by atoms with van der Waals surface area (Å²) in [5, 5.41) is 0. The fourth-order valence-electron chi connectivity index (χ4n) is 5.82. The number of benzene rings is 1. The highest BCUT2D eigenvalue weighted by atomic mass is 15.3. The van der Waals surface area contributed by atoms with Gasteiger partial charge in [-0.2, -0.15) is 0 Å². The summed E-state index contributed by atoms with van der Waals surface area (Å²) in [5.41, 5.74) is 6.96. The van der Waals surface area contributed by atoms with E-state index < -0.39 is 0 Å². The van der Waals surface area contributed by atoms with Crippen LogP contribution < -0.4 is 4.90 Å². The first kappa shape index (κ1) is 16.3. The number of pyridine rings is 1. The van der Waals surface area contributed by atoms with Crippen molar-refractivity contribution in [2.45, 2.75) is 51.1 Å². The third kappa shape index (κ3) is 2.48. The van der Waals surface area contributed by atoms with E-state index in [0.717, 1.165) is 30.6 Å². The van der Waals surface area contributed by atoms with Crippen LogP contribution in [0.15, 0.2) is 36.5 Å². The second-order valence-corrected chi connectivity index (χ2v) is 8.67. The maximum Gasteiger partial charge on any atom is 0.0414 e. The molecule has 1 aromatic carbocycles. The van der Waals surface area contributed by atoms with Gasteiger partial charge in [-0.1, -0.05) is 23.8 Å². The van der Waals surface area contributed by atoms with E-state index in [0.29, 0.717) is 12.0 Å². The smallest absolute Gasteiger partial charge is 0.0414 e. The lowest BCUT2D eigenvalue weighted by Crippen LogP contribution is -2.60. The fourth-order valence-corrected chi connectivity index (χ4v) is 5.82. The molecule has 3 heteroatoms. The van der Waals surface area contributed by atoms with Crippen LogP contribution in [0.4, 0.5) is 5.69 Å². The molecule has 3 aliphatic heterocycles. The summed E-state index contributed by atoms with van der Waals surface area (Å²) >= 11 is 0. The van der Waals surface area contributed by atoms with Gasteiger partial charge < -0.3 is 9.80 Å². The number of hydrogen-bond donors (Lipinski definition) is 0. The number of hydrogen-bond acceptors (Lipinski definition) is 3. The van der Waals surface area contributed by atoms with E-state index in [4.69, 9.17) is 0 Å². The molecule has 0 radical (unpaired) electrons. The minimum absolute atomic E-state index is 0.693. The Morgan fingerprint density at radius 1 is 1.12 bits per heavy atom. The molecule has 4 atom stereocenters. The van der Waals surface area contributed by atoms with Gasteiger partial charge in [0.15, 0.2) is 0 Å². The van der Waals surface area contributed by atoms with Crippen molar-refractivity contribution in [3.05, 3.63) is 58.9 Å². The van der Waals surface area contributed by atoms with Crippen molar-refractivity contribution in [3.63, 3.8) is 0 Å². The molecule has 4 aliphatic rings. The number of rotatable bonds is 3. The average Bonchev–Trinajstić information content (AvgIpc) is 2.97. The lowest BCUT2D eigenvalue weighted by molar-refractivity contribution is 0.0371. The SMILES string of the molecule is Cc1ccc2c(c1)[C@@H]1[C@@H]([C@H]3CC[C@@H]1N(C)C3)N2CCc1ccc(C)nc1. The Hall–Kier alpha value is -1.87. The van der Waals surface area contributed by atoms with Crippen LogP contribution in [0.25, 0.3) is 0 Å². The Kier molecular flexibility index (Phi) is 3.82. The van der Waals surface area contributed by atoms with Crippen molar-refractivity contribution in [2.75, 3.05) is 25.0 Å². The molecule has 26 heavy (non-hydrogen) atoms. The normalized spacial score (nSPS) is 29.7. The van der Waals surface area contributed by atoms with E-state index in [1.165, 1.54) is 36.2 Å². The molecule has 4 heterocycles. The van der Waals surface area contributed by atoms with Crippen molar-refractivity contribution < 1.29 is 0 Å². The lowest BCUT2D eigenvalue weighted by Gasteiger charge is -2.53. The minimum Gasteiger partial charge on any atom is -0.367 e. The Morgan fingerprint density at radius 3 is 2.77 bits per heavy atom. The molecule has 0 N–H and O–H groups in total. The summed E-state index contributed by atoms with van der Waals surface area (Å²) in [7, 11) is 2.34. The highest BCUT2D eigenvalue weighted by Crippen LogP contribution is 2.54. The lowest BCUT2D eigenvalue weighted by atomic mass is 9.68. The van der Waals surface area contributed by atoms with Gasteiger partial charge in [0.1, 0.15) is 0 Å². The predicted molar refractivity (Wildman–Crippen MR) is 107 cm³/mol. The first-order valence-corrected chi connectivity index (χ1v) is 10.1. The monoisotopic (exact) mass is 347 g/mol. The van der Waals surface area contributed by atoms with Gasteiger partial charge in [-0.05, 0) is 69.3 Å². The quantitative estimate of drug-likeness (QED) is 0.838. The number of piperidine rings is 2. The summed E-state index contributed by atoms with van der Waals surface area (Å²) < 4.78 is 0. The van der Waals surface area contributed by atoms with Gasteiger partial charge in [-0.15, -0.1) is 0 Å². The molecule has 3 fully saturated rings. The van der Waals surface area contributed by atoms with Crippen LogP contribution in [0.2, 0.25) is 0 Å². The number of aromatic nitrogens is 1. The van der Waals surface area contributed by atoms with E-state index >= 15 is 0 Å². The first-order chi connectivity index (χ1) is 12.6. The molecular formula is C23H29N3. The molecule has 2 aromatic rings. The van der Waals surface area contributed by atoms with E-state index in [9.17, 15) is 0 Å². The predicted octanol–water partition coefficient (Wildman–Crippen LogP) is 3.94. The molecule has 1 aromatic heterocycles. The molecule has 136 valence electrons. The van der Waals surface area contributed by atoms with Crippen LogP contribution in [-0.2, 0) is 6.42 Å². The van der Waals surface area contributed by atoms with Crippen LogP contribution in [0, 0.1) is 19.8 Å².